The molecular weight excluding hydrogens is 404 g/mol. The number of rotatable bonds is 8. The minimum Gasteiger partial charge on any atom is -0.484 e. The Morgan fingerprint density at radius 3 is 2.00 bits per heavy atom. The summed E-state index contributed by atoms with van der Waals surface area (Å²) in [4.78, 5) is 11.8. The predicted octanol–water partition coefficient (Wildman–Crippen LogP) is 4.48. The lowest BCUT2D eigenvalue weighted by molar-refractivity contribution is -0.176. The molecule has 0 fully saturated rings. The molecule has 0 radical (unpaired) electrons. The molecule has 0 bridgehead atoms. The lowest BCUT2D eigenvalue weighted by Crippen LogP contribution is -2.28. The molecule has 0 saturated carbocycles. The van der Waals surface area contributed by atoms with Gasteiger partial charge in [-0.15, -0.1) is 0 Å². The lowest BCUT2D eigenvalue weighted by atomic mass is 10.1. The largest absolute Gasteiger partial charge is 0.484 e. The number of halogens is 6. The molecule has 2 rings (SSSR count). The van der Waals surface area contributed by atoms with Crippen molar-refractivity contribution in [3.8, 4) is 5.75 Å². The summed E-state index contributed by atoms with van der Waals surface area (Å²) >= 11 is 0. The molecule has 0 saturated heterocycles. The second kappa shape index (κ2) is 9.64. The summed E-state index contributed by atoms with van der Waals surface area (Å²) in [6.45, 7) is -1.75. The maximum atomic E-state index is 12.5. The monoisotopic (exact) mass is 421 g/mol. The van der Waals surface area contributed by atoms with Gasteiger partial charge in [0.25, 0.3) is 5.91 Å². The van der Waals surface area contributed by atoms with Crippen molar-refractivity contribution < 1.29 is 40.6 Å². The second-order valence-corrected chi connectivity index (χ2v) is 6.01. The highest BCUT2D eigenvalue weighted by Gasteiger charge is 2.30. The van der Waals surface area contributed by atoms with Gasteiger partial charge in [-0.3, -0.25) is 4.79 Å². The van der Waals surface area contributed by atoms with Gasteiger partial charge in [0.15, 0.2) is 6.61 Å². The summed E-state index contributed by atoms with van der Waals surface area (Å²) in [7, 11) is 0. The summed E-state index contributed by atoms with van der Waals surface area (Å²) < 4.78 is 83.1. The normalized spacial score (nSPS) is 11.9. The van der Waals surface area contributed by atoms with Crippen LogP contribution in [-0.4, -0.2) is 25.3 Å². The number of amides is 1. The van der Waals surface area contributed by atoms with Crippen molar-refractivity contribution in [2.24, 2.45) is 0 Å². The van der Waals surface area contributed by atoms with Crippen LogP contribution in [0.2, 0.25) is 0 Å². The van der Waals surface area contributed by atoms with Crippen LogP contribution in [0.25, 0.3) is 0 Å². The first-order valence-corrected chi connectivity index (χ1v) is 8.32. The third-order valence-corrected chi connectivity index (χ3v) is 3.60. The molecule has 10 heteroatoms. The summed E-state index contributed by atoms with van der Waals surface area (Å²) in [6, 6.07) is 10.4. The maximum Gasteiger partial charge on any atom is 0.416 e. The smallest absolute Gasteiger partial charge is 0.416 e. The van der Waals surface area contributed by atoms with Gasteiger partial charge in [0, 0.05) is 6.54 Å². The molecule has 0 atom stereocenters. The molecule has 0 aliphatic carbocycles. The van der Waals surface area contributed by atoms with Gasteiger partial charge in [-0.2, -0.15) is 26.3 Å². The van der Waals surface area contributed by atoms with Crippen molar-refractivity contribution in [1.29, 1.82) is 0 Å². The van der Waals surface area contributed by atoms with E-state index in [1.54, 1.807) is 24.3 Å². The van der Waals surface area contributed by atoms with Crippen LogP contribution < -0.4 is 10.1 Å². The van der Waals surface area contributed by atoms with E-state index in [1.165, 1.54) is 0 Å². The zero-order valence-electron chi connectivity index (χ0n) is 14.9. The fourth-order valence-corrected chi connectivity index (χ4v) is 2.18. The number of nitrogens with one attached hydrogen (secondary N) is 1. The van der Waals surface area contributed by atoms with Crippen LogP contribution in [0.15, 0.2) is 48.5 Å². The van der Waals surface area contributed by atoms with Crippen LogP contribution in [0.3, 0.4) is 0 Å². The molecule has 1 N–H and O–H groups in total. The molecule has 4 nitrogen and oxygen atoms in total. The van der Waals surface area contributed by atoms with Crippen LogP contribution in [0.1, 0.15) is 16.7 Å². The Morgan fingerprint density at radius 1 is 0.862 bits per heavy atom. The van der Waals surface area contributed by atoms with E-state index in [2.05, 4.69) is 10.1 Å². The average Bonchev–Trinajstić information content (AvgIpc) is 2.64. The molecule has 0 spiro atoms. The van der Waals surface area contributed by atoms with Gasteiger partial charge in [0.05, 0.1) is 12.2 Å². The number of ether oxygens (including phenoxy) is 2. The van der Waals surface area contributed by atoms with Gasteiger partial charge >= 0.3 is 12.4 Å². The average molecular weight is 421 g/mol. The third kappa shape index (κ3) is 8.43. The van der Waals surface area contributed by atoms with E-state index in [-0.39, 0.29) is 25.5 Å². The first kappa shape index (κ1) is 22.5. The highest BCUT2D eigenvalue weighted by Crippen LogP contribution is 2.30. The summed E-state index contributed by atoms with van der Waals surface area (Å²) in [5.74, 6) is -0.362. The summed E-state index contributed by atoms with van der Waals surface area (Å²) in [5.41, 5.74) is 0.434. The number of alkyl halides is 6. The van der Waals surface area contributed by atoms with E-state index < -0.39 is 30.4 Å². The molecule has 1 amide bonds. The van der Waals surface area contributed by atoms with Crippen LogP contribution in [0, 0.1) is 0 Å². The molecule has 0 aromatic heterocycles. The van der Waals surface area contributed by atoms with Gasteiger partial charge < -0.3 is 14.8 Å². The van der Waals surface area contributed by atoms with E-state index in [9.17, 15) is 31.1 Å². The van der Waals surface area contributed by atoms with Crippen molar-refractivity contribution >= 4 is 5.91 Å². The summed E-state index contributed by atoms with van der Waals surface area (Å²) in [5, 5.41) is 2.56. The molecule has 0 aliphatic rings. The van der Waals surface area contributed by atoms with Crippen molar-refractivity contribution in [2.75, 3.05) is 13.2 Å². The van der Waals surface area contributed by atoms with Crippen LogP contribution >= 0.6 is 0 Å². The first-order valence-electron chi connectivity index (χ1n) is 8.32. The predicted molar refractivity (Wildman–Crippen MR) is 90.9 cm³/mol. The van der Waals surface area contributed by atoms with Gasteiger partial charge in [-0.25, -0.2) is 0 Å². The fourth-order valence-electron chi connectivity index (χ4n) is 2.18. The Bertz CT molecular complexity index is 786. The number of benzene rings is 2. The van der Waals surface area contributed by atoms with Crippen molar-refractivity contribution in [3.63, 3.8) is 0 Å². The van der Waals surface area contributed by atoms with Crippen molar-refractivity contribution in [3.05, 3.63) is 65.2 Å². The SMILES string of the molecule is O=C(COc1ccc(C(F)(F)F)cc1)NCc1ccc(COCC(F)(F)F)cc1. The van der Waals surface area contributed by atoms with Crippen LogP contribution in [0.5, 0.6) is 5.75 Å². The number of carbonyl (C=O) groups is 1. The molecule has 2 aromatic carbocycles. The van der Waals surface area contributed by atoms with E-state index in [4.69, 9.17) is 4.74 Å². The molecule has 0 aliphatic heterocycles. The third-order valence-electron chi connectivity index (χ3n) is 3.60. The van der Waals surface area contributed by atoms with Gasteiger partial charge in [0.2, 0.25) is 0 Å². The number of hydrogen-bond donors (Lipinski definition) is 1. The van der Waals surface area contributed by atoms with Gasteiger partial charge in [-0.05, 0) is 35.4 Å². The summed E-state index contributed by atoms with van der Waals surface area (Å²) in [6.07, 6.45) is -8.83. The second-order valence-electron chi connectivity index (χ2n) is 6.01. The van der Waals surface area contributed by atoms with Crippen LogP contribution in [-0.2, 0) is 28.9 Å². The Hall–Kier alpha value is -2.75. The van der Waals surface area contributed by atoms with E-state index >= 15 is 0 Å². The van der Waals surface area contributed by atoms with Gasteiger partial charge in [-0.1, -0.05) is 24.3 Å². The van der Waals surface area contributed by atoms with Crippen molar-refractivity contribution in [1.82, 2.24) is 5.32 Å². The van der Waals surface area contributed by atoms with E-state index in [1.807, 2.05) is 0 Å². The molecular formula is C19H17F6NO3. The highest BCUT2D eigenvalue weighted by molar-refractivity contribution is 5.77. The fraction of sp³-hybridized carbons (Fsp3) is 0.316. The van der Waals surface area contributed by atoms with E-state index in [0.29, 0.717) is 11.1 Å². The Labute approximate surface area is 162 Å². The quantitative estimate of drug-likeness (QED) is 0.640. The minimum atomic E-state index is -4.45. The highest BCUT2D eigenvalue weighted by atomic mass is 19.4. The Kier molecular flexibility index (Phi) is 7.49. The van der Waals surface area contributed by atoms with Gasteiger partial charge in [0.1, 0.15) is 12.4 Å². The topological polar surface area (TPSA) is 47.6 Å². The molecule has 0 unspecified atom stereocenters. The van der Waals surface area contributed by atoms with Crippen molar-refractivity contribution in [2.45, 2.75) is 25.5 Å². The van der Waals surface area contributed by atoms with E-state index in [0.717, 1.165) is 24.3 Å². The van der Waals surface area contributed by atoms with Crippen LogP contribution in [0.4, 0.5) is 26.3 Å². The Balaban J connectivity index is 1.72. The number of hydrogen-bond acceptors (Lipinski definition) is 3. The standard InChI is InChI=1S/C19H17F6NO3/c20-18(21,22)12-28-10-14-3-1-13(2-4-14)9-26-17(27)11-29-16-7-5-15(6-8-16)19(23,24)25/h1-8H,9-12H2,(H,26,27). The maximum absolute atomic E-state index is 12.5. The number of carbonyl (C=O) groups excluding carboxylic acids is 1. The lowest BCUT2D eigenvalue weighted by Gasteiger charge is -2.10. The molecule has 0 heterocycles. The Morgan fingerprint density at radius 2 is 1.45 bits per heavy atom. The molecule has 158 valence electrons. The minimum absolute atomic E-state index is 0.122. The molecule has 29 heavy (non-hydrogen) atoms. The first-order chi connectivity index (χ1) is 13.5. The zero-order chi connectivity index (χ0) is 21.5. The zero-order valence-corrected chi connectivity index (χ0v) is 14.9. The molecule has 2 aromatic rings.